The summed E-state index contributed by atoms with van der Waals surface area (Å²) in [5.74, 6) is -0.579. The van der Waals surface area contributed by atoms with Crippen LogP contribution in [0.15, 0.2) is 62.7 Å². The van der Waals surface area contributed by atoms with Gasteiger partial charge in [0.05, 0.1) is 40.1 Å². The number of nitrogens with zero attached hydrogens (tertiary/aromatic N) is 2. The van der Waals surface area contributed by atoms with Crippen LogP contribution < -0.4 is 5.32 Å². The Bertz CT molecular complexity index is 1600. The minimum Gasteiger partial charge on any atom is -0.376 e. The van der Waals surface area contributed by atoms with Gasteiger partial charge in [0, 0.05) is 35.7 Å². The summed E-state index contributed by atoms with van der Waals surface area (Å²) < 4.78 is 34.7. The Hall–Kier alpha value is -3.01. The number of ketones is 2. The third kappa shape index (κ3) is 2.79. The molecule has 2 aromatic rings. The summed E-state index contributed by atoms with van der Waals surface area (Å²) in [6.07, 6.45) is 4.10. The molecule has 1 fully saturated rings. The Morgan fingerprint density at radius 2 is 2.00 bits per heavy atom. The van der Waals surface area contributed by atoms with E-state index in [0.717, 1.165) is 15.1 Å². The van der Waals surface area contributed by atoms with Gasteiger partial charge < -0.3 is 10.1 Å². The predicted octanol–water partition coefficient (Wildman–Crippen LogP) is 2.67. The van der Waals surface area contributed by atoms with Gasteiger partial charge in [0.1, 0.15) is 5.69 Å². The standard InChI is InChI=1S/C26H22ClN3O5S/c1-13-2-4-16(5-3-13)36(33,34)30-11-14-6-7-28-22-20(14)24(30)25(32)23-21(22)26-9-15(29-23)12-35-19(26)8-18(31)17(27)10-26/h2-5,10-11,15,19,29H,6-9,12H2,1H3/t15-,19-,26+/m0/s1. The topological polar surface area (TPSA) is 107 Å². The Kier molecular flexibility index (Phi) is 4.49. The number of aromatic nitrogens is 1. The fourth-order valence-electron chi connectivity index (χ4n) is 6.30. The maximum Gasteiger partial charge on any atom is 0.268 e. The Morgan fingerprint density at radius 3 is 2.78 bits per heavy atom. The molecule has 1 N–H and O–H groups in total. The smallest absolute Gasteiger partial charge is 0.268 e. The maximum atomic E-state index is 14.1. The molecule has 8 nitrogen and oxygen atoms in total. The van der Waals surface area contributed by atoms with Crippen molar-refractivity contribution in [2.24, 2.45) is 10.4 Å². The van der Waals surface area contributed by atoms with Crippen LogP contribution in [0.1, 0.15) is 40.0 Å². The minimum atomic E-state index is -4.02. The zero-order chi connectivity index (χ0) is 25.0. The first-order valence-corrected chi connectivity index (χ1v) is 13.7. The number of aryl methyl sites for hydroxylation is 1. The number of hydrogen-bond acceptors (Lipinski definition) is 7. The maximum absolute atomic E-state index is 14.1. The van der Waals surface area contributed by atoms with Crippen molar-refractivity contribution in [3.8, 4) is 0 Å². The highest BCUT2D eigenvalue weighted by Crippen LogP contribution is 2.54. The van der Waals surface area contributed by atoms with E-state index in [2.05, 4.69) is 5.32 Å². The van der Waals surface area contributed by atoms with Gasteiger partial charge in [-0.2, -0.15) is 0 Å². The molecule has 2 bridgehead atoms. The van der Waals surface area contributed by atoms with Crippen LogP contribution in [0.3, 0.4) is 0 Å². The molecule has 5 aliphatic rings. The van der Waals surface area contributed by atoms with Crippen LogP contribution in [0.5, 0.6) is 0 Å². The van der Waals surface area contributed by atoms with Gasteiger partial charge in [0.2, 0.25) is 5.78 Å². The molecule has 0 amide bonds. The Labute approximate surface area is 212 Å². The van der Waals surface area contributed by atoms with Gasteiger partial charge >= 0.3 is 0 Å². The molecule has 36 heavy (non-hydrogen) atoms. The normalized spacial score (nSPS) is 28.5. The molecule has 1 saturated heterocycles. The van der Waals surface area contributed by atoms with Crippen molar-refractivity contribution in [3.05, 3.63) is 75.2 Å². The van der Waals surface area contributed by atoms with Crippen molar-refractivity contribution in [1.29, 1.82) is 0 Å². The summed E-state index contributed by atoms with van der Waals surface area (Å²) in [6.45, 7) is 2.68. The van der Waals surface area contributed by atoms with Gasteiger partial charge in [0.15, 0.2) is 5.78 Å². The average Bonchev–Trinajstić information content (AvgIpc) is 3.25. The molecular weight excluding hydrogens is 502 g/mol. The minimum absolute atomic E-state index is 0.103. The zero-order valence-corrected chi connectivity index (χ0v) is 20.9. The van der Waals surface area contributed by atoms with E-state index in [1.807, 2.05) is 6.92 Å². The average molecular weight is 524 g/mol. The molecule has 184 valence electrons. The molecule has 1 spiro atoms. The molecule has 3 atom stereocenters. The number of rotatable bonds is 2. The van der Waals surface area contributed by atoms with Gasteiger partial charge in [-0.1, -0.05) is 29.3 Å². The van der Waals surface area contributed by atoms with E-state index in [4.69, 9.17) is 21.3 Å². The van der Waals surface area contributed by atoms with Crippen LogP contribution in [0, 0.1) is 12.3 Å². The number of Topliss-reactive ketones (excluding diaryl/α,β-unsaturated/α-hetero) is 2. The first kappa shape index (κ1) is 22.2. The highest BCUT2D eigenvalue weighted by Gasteiger charge is 2.58. The van der Waals surface area contributed by atoms with Gasteiger partial charge in [0.25, 0.3) is 10.0 Å². The van der Waals surface area contributed by atoms with Crippen LogP contribution >= 0.6 is 11.6 Å². The van der Waals surface area contributed by atoms with Crippen LogP contribution in [0.25, 0.3) is 0 Å². The lowest BCUT2D eigenvalue weighted by atomic mass is 9.60. The van der Waals surface area contributed by atoms with E-state index < -0.39 is 27.3 Å². The van der Waals surface area contributed by atoms with Crippen LogP contribution in [-0.4, -0.2) is 55.0 Å². The lowest BCUT2D eigenvalue weighted by molar-refractivity contribution is -0.126. The van der Waals surface area contributed by atoms with E-state index in [9.17, 15) is 18.0 Å². The van der Waals surface area contributed by atoms with E-state index in [1.165, 1.54) is 0 Å². The number of nitrogens with one attached hydrogen (secondary N) is 1. The molecule has 1 aromatic carbocycles. The van der Waals surface area contributed by atoms with Gasteiger partial charge in [-0.05, 0) is 43.5 Å². The molecule has 10 heteroatoms. The number of allylic oxidation sites excluding steroid dienone is 2. The number of hydrogen-bond donors (Lipinski definition) is 1. The van der Waals surface area contributed by atoms with Crippen molar-refractivity contribution in [2.75, 3.05) is 13.2 Å². The summed E-state index contributed by atoms with van der Waals surface area (Å²) in [7, 11) is -4.02. The highest BCUT2D eigenvalue weighted by molar-refractivity contribution is 7.90. The van der Waals surface area contributed by atoms with E-state index in [1.54, 1.807) is 36.5 Å². The van der Waals surface area contributed by atoms with Crippen molar-refractivity contribution in [2.45, 2.75) is 43.2 Å². The number of fused-ring (bicyclic) bond motifs is 2. The molecule has 7 rings (SSSR count). The molecule has 0 unspecified atom stereocenters. The molecular formula is C26H22ClN3O5S. The number of benzene rings is 1. The molecule has 1 aromatic heterocycles. The second-order valence-electron chi connectivity index (χ2n) is 10.1. The van der Waals surface area contributed by atoms with Crippen molar-refractivity contribution in [1.82, 2.24) is 9.29 Å². The highest BCUT2D eigenvalue weighted by atomic mass is 35.5. The molecule has 4 heterocycles. The Morgan fingerprint density at radius 1 is 1.22 bits per heavy atom. The molecule has 2 aliphatic carbocycles. The molecule has 0 saturated carbocycles. The number of aliphatic imine (C=N–C) groups is 1. The van der Waals surface area contributed by atoms with Crippen LogP contribution in [-0.2, 0) is 26.0 Å². The largest absolute Gasteiger partial charge is 0.376 e. The van der Waals surface area contributed by atoms with Gasteiger partial charge in [-0.25, -0.2) is 12.4 Å². The third-order valence-electron chi connectivity index (χ3n) is 7.94. The first-order chi connectivity index (χ1) is 17.2. The number of carbonyl (C=O) groups is 2. The summed E-state index contributed by atoms with van der Waals surface area (Å²) in [6, 6.07) is 6.40. The second kappa shape index (κ2) is 7.27. The van der Waals surface area contributed by atoms with Crippen molar-refractivity contribution >= 4 is 38.9 Å². The fraction of sp³-hybridized carbons (Fsp3) is 0.346. The number of ether oxygens (including phenoxy) is 1. The third-order valence-corrected chi connectivity index (χ3v) is 9.93. The molecule has 3 aliphatic heterocycles. The van der Waals surface area contributed by atoms with E-state index >= 15 is 0 Å². The van der Waals surface area contributed by atoms with Crippen LogP contribution in [0.4, 0.5) is 0 Å². The van der Waals surface area contributed by atoms with E-state index in [-0.39, 0.29) is 33.9 Å². The number of carbonyl (C=O) groups excluding carboxylic acids is 2. The predicted molar refractivity (Wildman–Crippen MR) is 132 cm³/mol. The fourth-order valence-corrected chi connectivity index (χ4v) is 7.96. The summed E-state index contributed by atoms with van der Waals surface area (Å²) in [4.78, 5) is 31.5. The van der Waals surface area contributed by atoms with Gasteiger partial charge in [-0.3, -0.25) is 14.6 Å². The van der Waals surface area contributed by atoms with E-state index in [0.29, 0.717) is 48.5 Å². The zero-order valence-electron chi connectivity index (χ0n) is 19.4. The Balaban J connectivity index is 1.48. The second-order valence-corrected chi connectivity index (χ2v) is 12.3. The lowest BCUT2D eigenvalue weighted by Gasteiger charge is -2.53. The first-order valence-electron chi connectivity index (χ1n) is 11.9. The summed E-state index contributed by atoms with van der Waals surface area (Å²) in [5.41, 5.74) is 3.16. The van der Waals surface area contributed by atoms with Gasteiger partial charge in [-0.15, -0.1) is 0 Å². The molecule has 0 radical (unpaired) electrons. The quantitative estimate of drug-likeness (QED) is 0.648. The SMILES string of the molecule is Cc1ccc(S(=O)(=O)n2cc3c4c2C(=O)C2=C(C4=NCC3)[C@]34C=C(Cl)C(=O)C[C@@H]3OC[C@H](C4)N2)cc1. The van der Waals surface area contributed by atoms with Crippen molar-refractivity contribution in [3.63, 3.8) is 0 Å². The number of halogens is 1. The van der Waals surface area contributed by atoms with Crippen molar-refractivity contribution < 1.29 is 22.7 Å². The summed E-state index contributed by atoms with van der Waals surface area (Å²) >= 11 is 6.38. The monoisotopic (exact) mass is 523 g/mol. The van der Waals surface area contributed by atoms with Crippen LogP contribution in [0.2, 0.25) is 0 Å². The summed E-state index contributed by atoms with van der Waals surface area (Å²) in [5, 5.41) is 3.45. The lowest BCUT2D eigenvalue weighted by Crippen LogP contribution is -2.60.